The Morgan fingerprint density at radius 1 is 1.62 bits per heavy atom. The van der Waals surface area contributed by atoms with Crippen molar-refractivity contribution in [1.29, 1.82) is 0 Å². The Balaban J connectivity index is 2.32. The second-order valence-electron chi connectivity index (χ2n) is 3.59. The van der Waals surface area contributed by atoms with Gasteiger partial charge in [0.2, 0.25) is 0 Å². The van der Waals surface area contributed by atoms with Crippen LogP contribution in [0.4, 0.5) is 0 Å². The number of carboxylic acid groups (broad SMARTS) is 1. The Morgan fingerprint density at radius 3 is 2.81 bits per heavy atom. The van der Waals surface area contributed by atoms with Crippen molar-refractivity contribution in [2.75, 3.05) is 0 Å². The lowest BCUT2D eigenvalue weighted by atomic mass is 10.1. The molecule has 0 spiro atoms. The second-order valence-corrected chi connectivity index (χ2v) is 4.30. The van der Waals surface area contributed by atoms with E-state index in [9.17, 15) is 9.59 Å². The third-order valence-electron chi connectivity index (χ3n) is 2.33. The van der Waals surface area contributed by atoms with E-state index in [1.807, 2.05) is 0 Å². The lowest BCUT2D eigenvalue weighted by Gasteiger charge is -2.06. The van der Waals surface area contributed by atoms with Crippen LogP contribution in [0.5, 0.6) is 0 Å². The number of rotatable bonds is 6. The van der Waals surface area contributed by atoms with Crippen molar-refractivity contribution in [3.05, 3.63) is 15.5 Å². The van der Waals surface area contributed by atoms with E-state index in [4.69, 9.17) is 10.8 Å². The zero-order valence-corrected chi connectivity index (χ0v) is 9.87. The molecule has 0 fully saturated rings. The van der Waals surface area contributed by atoms with Gasteiger partial charge >= 0.3 is 10.8 Å². The van der Waals surface area contributed by atoms with Crippen LogP contribution in [0, 0.1) is 6.92 Å². The van der Waals surface area contributed by atoms with E-state index in [1.165, 1.54) is 0 Å². The largest absolute Gasteiger partial charge is 0.480 e. The van der Waals surface area contributed by atoms with Crippen LogP contribution in [-0.2, 0) is 11.3 Å². The first-order valence-electron chi connectivity index (χ1n) is 5.04. The Labute approximate surface area is 96.9 Å². The molecule has 0 radical (unpaired) electrons. The summed E-state index contributed by atoms with van der Waals surface area (Å²) in [7, 11) is 0. The van der Waals surface area contributed by atoms with E-state index in [1.54, 1.807) is 11.5 Å². The molecule has 0 aliphatic rings. The molecule has 0 aliphatic carbocycles. The predicted octanol–water partition coefficient (Wildman–Crippen LogP) is 0.195. The van der Waals surface area contributed by atoms with Gasteiger partial charge in [0, 0.05) is 18.1 Å². The third kappa shape index (κ3) is 3.42. The highest BCUT2D eigenvalue weighted by Crippen LogP contribution is 2.03. The molecule has 1 heterocycles. The van der Waals surface area contributed by atoms with E-state index < -0.39 is 12.0 Å². The van der Waals surface area contributed by atoms with Gasteiger partial charge in [-0.25, -0.2) is 0 Å². The summed E-state index contributed by atoms with van der Waals surface area (Å²) in [6.07, 6.45) is 1.86. The van der Waals surface area contributed by atoms with Crippen LogP contribution in [0.2, 0.25) is 0 Å². The summed E-state index contributed by atoms with van der Waals surface area (Å²) in [6, 6.07) is -0.807. The second kappa shape index (κ2) is 5.76. The zero-order chi connectivity index (χ0) is 12.1. The molecule has 7 heteroatoms. The Morgan fingerprint density at radius 2 is 2.31 bits per heavy atom. The first kappa shape index (κ1) is 12.9. The van der Waals surface area contributed by atoms with Crippen LogP contribution in [0.1, 0.15) is 25.1 Å². The summed E-state index contributed by atoms with van der Waals surface area (Å²) in [4.78, 5) is 21.6. The number of aliphatic carboxylic acids is 1. The summed E-state index contributed by atoms with van der Waals surface area (Å²) in [5, 5.41) is 8.56. The number of nitrogens with two attached hydrogens (primary N) is 1. The minimum atomic E-state index is -0.981. The molecule has 0 bridgehead atoms. The van der Waals surface area contributed by atoms with Gasteiger partial charge in [-0.2, -0.15) is 4.37 Å². The molecule has 0 saturated carbocycles. The fourth-order valence-electron chi connectivity index (χ4n) is 1.35. The van der Waals surface area contributed by atoms with E-state index in [0.29, 0.717) is 25.2 Å². The minimum absolute atomic E-state index is 0.0694. The van der Waals surface area contributed by atoms with Crippen LogP contribution < -0.4 is 10.6 Å². The summed E-state index contributed by atoms with van der Waals surface area (Å²) in [5.41, 5.74) is 5.36. The van der Waals surface area contributed by atoms with Crippen molar-refractivity contribution < 1.29 is 9.90 Å². The number of carbonyl (C=O) groups is 1. The number of aromatic nitrogens is 2. The van der Waals surface area contributed by atoms with E-state index >= 15 is 0 Å². The molecule has 3 N–H and O–H groups in total. The van der Waals surface area contributed by atoms with Gasteiger partial charge in [0.15, 0.2) is 0 Å². The average Bonchev–Trinajstić information content (AvgIpc) is 2.54. The molecule has 1 aromatic heterocycles. The first-order chi connectivity index (χ1) is 7.52. The van der Waals surface area contributed by atoms with Gasteiger partial charge in [-0.05, 0) is 26.2 Å². The van der Waals surface area contributed by atoms with Gasteiger partial charge in [0.05, 0.1) is 0 Å². The van der Waals surface area contributed by atoms with E-state index in [0.717, 1.165) is 18.0 Å². The quantitative estimate of drug-likeness (QED) is 0.697. The van der Waals surface area contributed by atoms with Gasteiger partial charge in [-0.1, -0.05) is 0 Å². The molecule has 0 unspecified atom stereocenters. The number of hydrogen-bond donors (Lipinski definition) is 2. The first-order valence-corrected chi connectivity index (χ1v) is 5.81. The molecule has 0 saturated heterocycles. The maximum absolute atomic E-state index is 11.3. The third-order valence-corrected chi connectivity index (χ3v) is 3.06. The maximum Gasteiger partial charge on any atom is 0.326 e. The number of aryl methyl sites for hydroxylation is 1. The molecule has 1 rings (SSSR count). The standard InChI is InChI=1S/C9H15N3O3S/c1-6-11-16-9(15)12(6)5-3-2-4-7(10)8(13)14/h7H,2-5,10H2,1H3,(H,13,14)/t7-/m0/s1. The van der Waals surface area contributed by atoms with Crippen LogP contribution in [0.3, 0.4) is 0 Å². The highest BCUT2D eigenvalue weighted by Gasteiger charge is 2.10. The van der Waals surface area contributed by atoms with Gasteiger partial charge < -0.3 is 10.8 Å². The Kier molecular flexibility index (Phi) is 4.63. The highest BCUT2D eigenvalue weighted by molar-refractivity contribution is 7.02. The van der Waals surface area contributed by atoms with Crippen molar-refractivity contribution in [3.63, 3.8) is 0 Å². The highest BCUT2D eigenvalue weighted by atomic mass is 32.1. The monoisotopic (exact) mass is 245 g/mol. The van der Waals surface area contributed by atoms with Crippen LogP contribution >= 0.6 is 11.5 Å². The molecule has 0 aromatic carbocycles. The van der Waals surface area contributed by atoms with Crippen molar-refractivity contribution in [3.8, 4) is 0 Å². The van der Waals surface area contributed by atoms with Gasteiger partial charge in [-0.15, -0.1) is 0 Å². The normalized spacial score (nSPS) is 12.6. The van der Waals surface area contributed by atoms with Crippen LogP contribution in [0.25, 0.3) is 0 Å². The molecular formula is C9H15N3O3S. The van der Waals surface area contributed by atoms with Crippen molar-refractivity contribution in [2.45, 2.75) is 38.8 Å². The van der Waals surface area contributed by atoms with Crippen molar-refractivity contribution in [1.82, 2.24) is 8.94 Å². The van der Waals surface area contributed by atoms with Crippen LogP contribution in [-0.4, -0.2) is 26.1 Å². The number of nitrogens with zero attached hydrogens (tertiary/aromatic N) is 2. The molecular weight excluding hydrogens is 230 g/mol. The van der Waals surface area contributed by atoms with Gasteiger partial charge in [-0.3, -0.25) is 14.2 Å². The lowest BCUT2D eigenvalue weighted by molar-refractivity contribution is -0.138. The summed E-state index contributed by atoms with van der Waals surface area (Å²) in [6.45, 7) is 2.36. The molecule has 6 nitrogen and oxygen atoms in total. The number of unbranched alkanes of at least 4 members (excludes halogenated alkanes) is 1. The zero-order valence-electron chi connectivity index (χ0n) is 9.05. The summed E-state index contributed by atoms with van der Waals surface area (Å²) < 4.78 is 5.53. The Hall–Kier alpha value is -1.21. The van der Waals surface area contributed by atoms with E-state index in [-0.39, 0.29) is 4.87 Å². The Bertz CT molecular complexity index is 412. The topological polar surface area (TPSA) is 98.2 Å². The molecule has 16 heavy (non-hydrogen) atoms. The number of carboxylic acids is 1. The van der Waals surface area contributed by atoms with Gasteiger partial charge in [0.25, 0.3) is 0 Å². The minimum Gasteiger partial charge on any atom is -0.480 e. The summed E-state index contributed by atoms with van der Waals surface area (Å²) in [5.74, 6) is -0.275. The smallest absolute Gasteiger partial charge is 0.326 e. The fourth-order valence-corrected chi connectivity index (χ4v) is 1.98. The molecule has 0 amide bonds. The lowest BCUT2D eigenvalue weighted by Crippen LogP contribution is -2.29. The van der Waals surface area contributed by atoms with E-state index in [2.05, 4.69) is 4.37 Å². The molecule has 1 atom stereocenters. The molecule has 90 valence electrons. The van der Waals surface area contributed by atoms with Gasteiger partial charge in [0.1, 0.15) is 11.9 Å². The number of hydrogen-bond acceptors (Lipinski definition) is 5. The maximum atomic E-state index is 11.3. The van der Waals surface area contributed by atoms with Crippen molar-refractivity contribution >= 4 is 17.5 Å². The predicted molar refractivity (Wildman–Crippen MR) is 60.6 cm³/mol. The molecule has 0 aliphatic heterocycles. The fraction of sp³-hybridized carbons (Fsp3) is 0.667. The molecule has 1 aromatic rings. The van der Waals surface area contributed by atoms with Crippen molar-refractivity contribution in [2.24, 2.45) is 5.73 Å². The SMILES string of the molecule is Cc1nsc(=O)n1CCCC[C@H](N)C(=O)O. The summed E-state index contributed by atoms with van der Waals surface area (Å²) >= 11 is 0.939. The average molecular weight is 245 g/mol. The van der Waals surface area contributed by atoms with Crippen LogP contribution in [0.15, 0.2) is 4.79 Å².